The Balaban J connectivity index is 2.45. The molecule has 0 bridgehead atoms. The molecule has 1 aromatic heterocycles. The smallest absolute Gasteiger partial charge is 0.182 e. The van der Waals surface area contributed by atoms with E-state index in [2.05, 4.69) is 47.6 Å². The van der Waals surface area contributed by atoms with E-state index in [9.17, 15) is 0 Å². The molecular formula is C15H20N4. The maximum absolute atomic E-state index is 4.19. The van der Waals surface area contributed by atoms with Gasteiger partial charge in [-0.25, -0.2) is 4.68 Å². The third kappa shape index (κ3) is 2.89. The average molecular weight is 256 g/mol. The van der Waals surface area contributed by atoms with Crippen LogP contribution in [-0.2, 0) is 6.54 Å². The molecule has 0 fully saturated rings. The maximum Gasteiger partial charge on any atom is 0.182 e. The molecular weight excluding hydrogens is 236 g/mol. The van der Waals surface area contributed by atoms with Crippen molar-refractivity contribution < 1.29 is 0 Å². The highest BCUT2D eigenvalue weighted by atomic mass is 15.5. The first-order valence-electron chi connectivity index (χ1n) is 6.76. The number of aromatic nitrogens is 4. The number of rotatable bonds is 5. The summed E-state index contributed by atoms with van der Waals surface area (Å²) in [5, 5.41) is 12.1. The van der Waals surface area contributed by atoms with Gasteiger partial charge in [-0.15, -0.1) is 5.10 Å². The summed E-state index contributed by atoms with van der Waals surface area (Å²) in [4.78, 5) is 0. The Labute approximate surface area is 114 Å². The van der Waals surface area contributed by atoms with E-state index in [1.165, 1.54) is 11.1 Å². The quantitative estimate of drug-likeness (QED) is 0.821. The number of nitrogens with zero attached hydrogens (tertiary/aromatic N) is 4. The normalized spacial score (nSPS) is 11.8. The van der Waals surface area contributed by atoms with Crippen molar-refractivity contribution >= 4 is 5.57 Å². The van der Waals surface area contributed by atoms with E-state index in [-0.39, 0.29) is 0 Å². The summed E-state index contributed by atoms with van der Waals surface area (Å²) in [5.74, 6) is 0.852. The zero-order chi connectivity index (χ0) is 13.7. The van der Waals surface area contributed by atoms with Crippen LogP contribution in [0.2, 0.25) is 0 Å². The second kappa shape index (κ2) is 6.27. The molecule has 4 nitrogen and oxygen atoms in total. The lowest BCUT2D eigenvalue weighted by molar-refractivity contribution is 0.557. The molecule has 4 heteroatoms. The van der Waals surface area contributed by atoms with Crippen LogP contribution < -0.4 is 0 Å². The molecule has 0 saturated heterocycles. The van der Waals surface area contributed by atoms with Crippen molar-refractivity contribution in [3.8, 4) is 11.4 Å². The van der Waals surface area contributed by atoms with Crippen molar-refractivity contribution in [2.45, 2.75) is 40.2 Å². The fraction of sp³-hybridized carbons (Fsp3) is 0.400. The molecule has 0 amide bonds. The van der Waals surface area contributed by atoms with Crippen LogP contribution in [0.1, 0.15) is 39.2 Å². The first-order valence-corrected chi connectivity index (χ1v) is 6.76. The van der Waals surface area contributed by atoms with Crippen LogP contribution in [0.25, 0.3) is 17.0 Å². The Kier molecular flexibility index (Phi) is 4.44. The van der Waals surface area contributed by atoms with E-state index in [0.29, 0.717) is 0 Å². The highest BCUT2D eigenvalue weighted by molar-refractivity contribution is 5.77. The van der Waals surface area contributed by atoms with E-state index in [4.69, 9.17) is 0 Å². The first-order chi connectivity index (χ1) is 9.27. The lowest BCUT2D eigenvalue weighted by Crippen LogP contribution is -2.04. The molecule has 0 aliphatic carbocycles. The van der Waals surface area contributed by atoms with Crippen molar-refractivity contribution in [1.82, 2.24) is 20.2 Å². The molecule has 0 radical (unpaired) electrons. The van der Waals surface area contributed by atoms with Crippen LogP contribution in [0.5, 0.6) is 0 Å². The summed E-state index contributed by atoms with van der Waals surface area (Å²) >= 11 is 0. The van der Waals surface area contributed by atoms with Crippen LogP contribution in [-0.4, -0.2) is 20.2 Å². The van der Waals surface area contributed by atoms with Gasteiger partial charge in [0.1, 0.15) is 0 Å². The predicted molar refractivity (Wildman–Crippen MR) is 77.5 cm³/mol. The minimum atomic E-state index is 0.852. The van der Waals surface area contributed by atoms with Crippen LogP contribution in [0.4, 0.5) is 0 Å². The summed E-state index contributed by atoms with van der Waals surface area (Å²) in [7, 11) is 0. The lowest BCUT2D eigenvalue weighted by Gasteiger charge is -2.09. The van der Waals surface area contributed by atoms with Gasteiger partial charge in [-0.2, -0.15) is 0 Å². The van der Waals surface area contributed by atoms with E-state index in [1.54, 1.807) is 0 Å². The van der Waals surface area contributed by atoms with E-state index >= 15 is 0 Å². The van der Waals surface area contributed by atoms with Gasteiger partial charge in [0.05, 0.1) is 0 Å². The molecule has 1 heterocycles. The summed E-state index contributed by atoms with van der Waals surface area (Å²) in [6.07, 6.45) is 4.33. The summed E-state index contributed by atoms with van der Waals surface area (Å²) in [6.45, 7) is 7.19. The fourth-order valence-corrected chi connectivity index (χ4v) is 2.03. The Hall–Kier alpha value is -1.97. The largest absolute Gasteiger partial charge is 0.225 e. The molecule has 2 rings (SSSR count). The van der Waals surface area contributed by atoms with Gasteiger partial charge in [0.2, 0.25) is 0 Å². The molecule has 0 unspecified atom stereocenters. The van der Waals surface area contributed by atoms with E-state index in [1.807, 2.05) is 23.7 Å². The van der Waals surface area contributed by atoms with Crippen LogP contribution in [0, 0.1) is 0 Å². The number of hydrogen-bond donors (Lipinski definition) is 0. The molecule has 0 aliphatic rings. The van der Waals surface area contributed by atoms with Crippen molar-refractivity contribution in [2.75, 3.05) is 0 Å². The Morgan fingerprint density at radius 1 is 1.32 bits per heavy atom. The molecule has 0 atom stereocenters. The molecule has 0 spiro atoms. The third-order valence-corrected chi connectivity index (χ3v) is 3.28. The van der Waals surface area contributed by atoms with Crippen LogP contribution >= 0.6 is 0 Å². The molecule has 0 aliphatic heterocycles. The average Bonchev–Trinajstić information content (AvgIpc) is 2.92. The molecule has 0 N–H and O–H groups in total. The van der Waals surface area contributed by atoms with Crippen LogP contribution in [0.15, 0.2) is 30.3 Å². The maximum atomic E-state index is 4.19. The van der Waals surface area contributed by atoms with Gasteiger partial charge in [0.15, 0.2) is 5.82 Å². The van der Waals surface area contributed by atoms with Gasteiger partial charge in [-0.1, -0.05) is 43.7 Å². The Morgan fingerprint density at radius 2 is 2.11 bits per heavy atom. The van der Waals surface area contributed by atoms with Gasteiger partial charge < -0.3 is 0 Å². The molecule has 2 aromatic rings. The highest BCUT2D eigenvalue weighted by Gasteiger charge is 2.12. The summed E-state index contributed by atoms with van der Waals surface area (Å²) in [5.41, 5.74) is 3.53. The van der Waals surface area contributed by atoms with Gasteiger partial charge in [0, 0.05) is 12.1 Å². The molecule has 0 saturated carbocycles. The topological polar surface area (TPSA) is 43.6 Å². The molecule has 1 aromatic carbocycles. The third-order valence-electron chi connectivity index (χ3n) is 3.28. The number of allylic oxidation sites excluding steroid dienone is 2. The second-order valence-electron chi connectivity index (χ2n) is 4.60. The Bertz CT molecular complexity index is 569. The van der Waals surface area contributed by atoms with Crippen molar-refractivity contribution in [1.29, 1.82) is 0 Å². The highest BCUT2D eigenvalue weighted by Crippen LogP contribution is 2.26. The lowest BCUT2D eigenvalue weighted by atomic mass is 10.0. The number of unbranched alkanes of at least 4 members (excludes halogenated alkanes) is 1. The molecule has 100 valence electrons. The Morgan fingerprint density at radius 3 is 2.84 bits per heavy atom. The number of aryl methyl sites for hydroxylation is 1. The van der Waals surface area contributed by atoms with Gasteiger partial charge >= 0.3 is 0 Å². The molecule has 19 heavy (non-hydrogen) atoms. The standard InChI is InChI=1S/C15H20N4/c1-4-6-11-19-15(16-17-18-19)14-10-8-7-9-13(14)12(3)5-2/h5,7-10H,4,6,11H2,1-3H3/b12-5-. The number of tetrazole rings is 1. The van der Waals surface area contributed by atoms with Gasteiger partial charge in [-0.05, 0) is 41.8 Å². The van der Waals surface area contributed by atoms with Crippen LogP contribution in [0.3, 0.4) is 0 Å². The SMILES string of the molecule is C/C=C(/C)c1ccccc1-c1nnnn1CCCC. The summed E-state index contributed by atoms with van der Waals surface area (Å²) < 4.78 is 1.89. The fourth-order valence-electron chi connectivity index (χ4n) is 2.03. The predicted octanol–water partition coefficient (Wildman–Crippen LogP) is 3.56. The van der Waals surface area contributed by atoms with Gasteiger partial charge in [-0.3, -0.25) is 0 Å². The number of benzene rings is 1. The van der Waals surface area contributed by atoms with E-state index < -0.39 is 0 Å². The van der Waals surface area contributed by atoms with Crippen molar-refractivity contribution in [3.05, 3.63) is 35.9 Å². The second-order valence-corrected chi connectivity index (χ2v) is 4.60. The van der Waals surface area contributed by atoms with E-state index in [0.717, 1.165) is 30.8 Å². The van der Waals surface area contributed by atoms with Crippen molar-refractivity contribution in [3.63, 3.8) is 0 Å². The van der Waals surface area contributed by atoms with Gasteiger partial charge in [0.25, 0.3) is 0 Å². The summed E-state index contributed by atoms with van der Waals surface area (Å²) in [6, 6.07) is 8.27. The monoisotopic (exact) mass is 256 g/mol. The zero-order valence-corrected chi connectivity index (χ0v) is 11.8. The first kappa shape index (κ1) is 13.5. The zero-order valence-electron chi connectivity index (χ0n) is 11.8. The minimum Gasteiger partial charge on any atom is -0.225 e. The van der Waals surface area contributed by atoms with Crippen molar-refractivity contribution in [2.24, 2.45) is 0 Å². The minimum absolute atomic E-state index is 0.852. The number of hydrogen-bond acceptors (Lipinski definition) is 3.